The zero-order valence-electron chi connectivity index (χ0n) is 19.3. The molecule has 5 nitrogen and oxygen atoms in total. The molecule has 0 aliphatic heterocycles. The molecule has 2 fully saturated rings. The summed E-state index contributed by atoms with van der Waals surface area (Å²) in [6.07, 6.45) is 4.90. The second kappa shape index (κ2) is 9.35. The van der Waals surface area contributed by atoms with Crippen molar-refractivity contribution in [2.45, 2.75) is 43.5 Å². The third-order valence-electron chi connectivity index (χ3n) is 7.45. The van der Waals surface area contributed by atoms with Gasteiger partial charge in [0, 0.05) is 17.3 Å². The summed E-state index contributed by atoms with van der Waals surface area (Å²) in [4.78, 5) is 12.9. The number of fused-ring (bicyclic) bond motifs is 2. The van der Waals surface area contributed by atoms with E-state index in [0.717, 1.165) is 23.5 Å². The van der Waals surface area contributed by atoms with Crippen LogP contribution in [0.15, 0.2) is 83.8 Å². The van der Waals surface area contributed by atoms with E-state index in [2.05, 4.69) is 10.0 Å². The second-order valence-corrected chi connectivity index (χ2v) is 11.4. The fourth-order valence-electron chi connectivity index (χ4n) is 5.67. The number of sulfonamides is 1. The van der Waals surface area contributed by atoms with Crippen LogP contribution in [0.3, 0.4) is 0 Å². The maximum Gasteiger partial charge on any atom is 0.255 e. The summed E-state index contributed by atoms with van der Waals surface area (Å²) in [5.74, 6) is 1.63. The highest BCUT2D eigenvalue weighted by Crippen LogP contribution is 2.49. The number of rotatable bonds is 7. The predicted octanol–water partition coefficient (Wildman–Crippen LogP) is 5.71. The maximum atomic E-state index is 12.9. The Kier molecular flexibility index (Phi) is 6.28. The Balaban J connectivity index is 1.21. The van der Waals surface area contributed by atoms with Crippen LogP contribution in [0.4, 0.5) is 5.69 Å². The molecule has 0 spiro atoms. The van der Waals surface area contributed by atoms with Crippen LogP contribution in [0.5, 0.6) is 0 Å². The van der Waals surface area contributed by atoms with Crippen molar-refractivity contribution in [1.29, 1.82) is 0 Å². The molecule has 0 heterocycles. The minimum absolute atomic E-state index is 0.0708. The molecule has 3 aromatic rings. The average Bonchev–Trinajstić information content (AvgIpc) is 3.49. The summed E-state index contributed by atoms with van der Waals surface area (Å²) in [6, 6.07) is 23.7. The highest BCUT2D eigenvalue weighted by atomic mass is 32.2. The van der Waals surface area contributed by atoms with Crippen LogP contribution in [0, 0.1) is 17.8 Å². The van der Waals surface area contributed by atoms with Crippen molar-refractivity contribution in [3.63, 3.8) is 0 Å². The lowest BCUT2D eigenvalue weighted by atomic mass is 9.84. The van der Waals surface area contributed by atoms with Crippen LogP contribution in [0.1, 0.15) is 43.0 Å². The largest absolute Gasteiger partial charge is 0.322 e. The molecule has 2 bridgehead atoms. The number of hydrogen-bond acceptors (Lipinski definition) is 3. The summed E-state index contributed by atoms with van der Waals surface area (Å²) in [7, 11) is -3.60. The average molecular weight is 475 g/mol. The first-order valence-electron chi connectivity index (χ1n) is 12.0. The molecule has 0 saturated heterocycles. The van der Waals surface area contributed by atoms with Gasteiger partial charge in [0.05, 0.1) is 4.90 Å². The van der Waals surface area contributed by atoms with E-state index in [1.54, 1.807) is 36.4 Å². The number of benzene rings is 3. The Bertz CT molecular complexity index is 1260. The molecule has 176 valence electrons. The third kappa shape index (κ3) is 4.79. The summed E-state index contributed by atoms with van der Waals surface area (Å²) in [5, 5.41) is 2.85. The Hall–Kier alpha value is -2.96. The van der Waals surface area contributed by atoms with Gasteiger partial charge >= 0.3 is 0 Å². The van der Waals surface area contributed by atoms with Gasteiger partial charge < -0.3 is 5.32 Å². The van der Waals surface area contributed by atoms with E-state index in [1.807, 2.05) is 49.4 Å². The van der Waals surface area contributed by atoms with Gasteiger partial charge in [-0.2, -0.15) is 0 Å². The zero-order chi connectivity index (χ0) is 23.7. The van der Waals surface area contributed by atoms with Crippen molar-refractivity contribution in [3.05, 3.63) is 84.4 Å². The Labute approximate surface area is 201 Å². The molecule has 34 heavy (non-hydrogen) atoms. The van der Waals surface area contributed by atoms with Crippen LogP contribution >= 0.6 is 0 Å². The van der Waals surface area contributed by atoms with Gasteiger partial charge in [-0.25, -0.2) is 13.1 Å². The first-order valence-corrected chi connectivity index (χ1v) is 13.5. The number of hydrogen-bond donors (Lipinski definition) is 2. The zero-order valence-corrected chi connectivity index (χ0v) is 20.1. The van der Waals surface area contributed by atoms with Gasteiger partial charge in [0.15, 0.2) is 0 Å². The SMILES string of the molecule is C[C@@H](NS(=O)(=O)c1ccc(NC(=O)c2ccc(-c3ccccc3)cc2)cc1)[C@H]1C[C@H]2CC[C@H]1C2. The molecule has 6 heteroatoms. The lowest BCUT2D eigenvalue weighted by molar-refractivity contribution is 0.102. The Morgan fingerprint density at radius 1 is 0.853 bits per heavy atom. The van der Waals surface area contributed by atoms with Crippen molar-refractivity contribution < 1.29 is 13.2 Å². The van der Waals surface area contributed by atoms with Crippen LogP contribution in [-0.2, 0) is 10.0 Å². The van der Waals surface area contributed by atoms with Gasteiger partial charge in [0.2, 0.25) is 10.0 Å². The highest BCUT2D eigenvalue weighted by molar-refractivity contribution is 7.89. The fourth-order valence-corrected chi connectivity index (χ4v) is 6.97. The van der Waals surface area contributed by atoms with Gasteiger partial charge in [-0.1, -0.05) is 48.9 Å². The molecule has 0 radical (unpaired) electrons. The van der Waals surface area contributed by atoms with Crippen LogP contribution < -0.4 is 10.0 Å². The van der Waals surface area contributed by atoms with E-state index < -0.39 is 10.0 Å². The van der Waals surface area contributed by atoms with E-state index in [0.29, 0.717) is 23.1 Å². The molecule has 1 amide bonds. The minimum Gasteiger partial charge on any atom is -0.322 e. The molecule has 0 unspecified atom stereocenters. The Morgan fingerprint density at radius 3 is 2.15 bits per heavy atom. The number of amides is 1. The van der Waals surface area contributed by atoms with Crippen LogP contribution in [-0.4, -0.2) is 20.4 Å². The number of nitrogens with one attached hydrogen (secondary N) is 2. The molecule has 2 aliphatic rings. The van der Waals surface area contributed by atoms with Crippen molar-refractivity contribution >= 4 is 21.6 Å². The monoisotopic (exact) mass is 474 g/mol. The van der Waals surface area contributed by atoms with Crippen molar-refractivity contribution in [2.24, 2.45) is 17.8 Å². The number of carbonyl (C=O) groups is 1. The molecular weight excluding hydrogens is 444 g/mol. The van der Waals surface area contributed by atoms with Gasteiger partial charge in [0.1, 0.15) is 0 Å². The third-order valence-corrected chi connectivity index (χ3v) is 9.03. The summed E-state index contributed by atoms with van der Waals surface area (Å²) in [5.41, 5.74) is 3.23. The highest BCUT2D eigenvalue weighted by Gasteiger charge is 2.42. The van der Waals surface area contributed by atoms with Gasteiger partial charge in [-0.15, -0.1) is 0 Å². The molecular formula is C28H30N2O3S. The number of anilines is 1. The maximum absolute atomic E-state index is 12.9. The molecule has 3 aromatic carbocycles. The van der Waals surface area contributed by atoms with Gasteiger partial charge in [0.25, 0.3) is 5.91 Å². The first kappa shape index (κ1) is 22.8. The van der Waals surface area contributed by atoms with Crippen molar-refractivity contribution in [1.82, 2.24) is 4.72 Å². The molecule has 2 saturated carbocycles. The van der Waals surface area contributed by atoms with Crippen molar-refractivity contribution in [2.75, 3.05) is 5.32 Å². The smallest absolute Gasteiger partial charge is 0.255 e. The topological polar surface area (TPSA) is 75.3 Å². The molecule has 2 N–H and O–H groups in total. The molecule has 5 rings (SSSR count). The number of carbonyl (C=O) groups excluding carboxylic acids is 1. The Morgan fingerprint density at radius 2 is 1.53 bits per heavy atom. The van der Waals surface area contributed by atoms with E-state index in [4.69, 9.17) is 0 Å². The quantitative estimate of drug-likeness (QED) is 0.461. The molecule has 2 aliphatic carbocycles. The van der Waals surface area contributed by atoms with E-state index in [-0.39, 0.29) is 16.8 Å². The predicted molar refractivity (Wildman–Crippen MR) is 135 cm³/mol. The second-order valence-electron chi connectivity index (χ2n) is 9.67. The fraction of sp³-hybridized carbons (Fsp3) is 0.321. The first-order chi connectivity index (χ1) is 16.4. The van der Waals surface area contributed by atoms with Gasteiger partial charge in [-0.05, 0) is 91.5 Å². The van der Waals surface area contributed by atoms with Crippen molar-refractivity contribution in [3.8, 4) is 11.1 Å². The van der Waals surface area contributed by atoms with Gasteiger partial charge in [-0.3, -0.25) is 4.79 Å². The summed E-state index contributed by atoms with van der Waals surface area (Å²) < 4.78 is 28.7. The molecule has 0 aromatic heterocycles. The molecule has 4 atom stereocenters. The van der Waals surface area contributed by atoms with E-state index in [9.17, 15) is 13.2 Å². The van der Waals surface area contributed by atoms with Crippen LogP contribution in [0.25, 0.3) is 11.1 Å². The normalized spacial score (nSPS) is 22.4. The summed E-state index contributed by atoms with van der Waals surface area (Å²) >= 11 is 0. The van der Waals surface area contributed by atoms with Crippen LogP contribution in [0.2, 0.25) is 0 Å². The lowest BCUT2D eigenvalue weighted by Crippen LogP contribution is -2.40. The standard InChI is InChI=1S/C28H30N2O3S/c1-19(27-18-20-7-8-24(27)17-20)30-34(32,33)26-15-13-25(14-16-26)29-28(31)23-11-9-22(10-12-23)21-5-3-2-4-6-21/h2-6,9-16,19-20,24,27,30H,7-8,17-18H2,1H3,(H,29,31)/t19-,20+,24+,27-/m1/s1. The van der Waals surface area contributed by atoms with E-state index >= 15 is 0 Å². The van der Waals surface area contributed by atoms with E-state index in [1.165, 1.54) is 19.3 Å². The lowest BCUT2D eigenvalue weighted by Gasteiger charge is -2.28. The summed E-state index contributed by atoms with van der Waals surface area (Å²) in [6.45, 7) is 1.99. The minimum atomic E-state index is -3.60.